The molecule has 0 radical (unpaired) electrons. The van der Waals surface area contributed by atoms with Gasteiger partial charge in [0.25, 0.3) is 0 Å². The summed E-state index contributed by atoms with van der Waals surface area (Å²) >= 11 is 0. The summed E-state index contributed by atoms with van der Waals surface area (Å²) < 4.78 is 0. The van der Waals surface area contributed by atoms with Crippen LogP contribution in [0.25, 0.3) is 10.9 Å². The molecule has 0 amide bonds. The maximum atomic E-state index is 3.47. The SMILES string of the molecule is Cc1cc2cc(C3CNCCN3C)ccc2[nH]1. The molecule has 3 rings (SSSR count). The van der Waals surface area contributed by atoms with Gasteiger partial charge in [-0.2, -0.15) is 0 Å². The van der Waals surface area contributed by atoms with E-state index in [0.29, 0.717) is 6.04 Å². The predicted molar refractivity (Wildman–Crippen MR) is 71.3 cm³/mol. The topological polar surface area (TPSA) is 31.1 Å². The van der Waals surface area contributed by atoms with E-state index >= 15 is 0 Å². The highest BCUT2D eigenvalue weighted by atomic mass is 15.2. The van der Waals surface area contributed by atoms with Crippen molar-refractivity contribution in [1.82, 2.24) is 15.2 Å². The number of piperazine rings is 1. The number of nitrogens with one attached hydrogen (secondary N) is 2. The van der Waals surface area contributed by atoms with Crippen LogP contribution in [-0.4, -0.2) is 36.6 Å². The monoisotopic (exact) mass is 229 g/mol. The molecule has 2 N–H and O–H groups in total. The van der Waals surface area contributed by atoms with E-state index in [1.54, 1.807) is 0 Å². The molecule has 90 valence electrons. The molecule has 3 heteroatoms. The predicted octanol–water partition coefficient (Wildman–Crippen LogP) is 2.05. The van der Waals surface area contributed by atoms with E-state index in [-0.39, 0.29) is 0 Å². The van der Waals surface area contributed by atoms with Gasteiger partial charge in [0.05, 0.1) is 0 Å². The molecule has 0 aliphatic carbocycles. The standard InChI is InChI=1S/C14H19N3/c1-10-7-12-8-11(3-4-13(12)16-10)14-9-15-5-6-17(14)2/h3-4,7-8,14-16H,5-6,9H2,1-2H3. The third-order valence-corrected chi connectivity index (χ3v) is 3.68. The van der Waals surface area contributed by atoms with Crippen molar-refractivity contribution >= 4 is 10.9 Å². The number of fused-ring (bicyclic) bond motifs is 1. The van der Waals surface area contributed by atoms with E-state index in [4.69, 9.17) is 0 Å². The molecule has 1 atom stereocenters. The summed E-state index contributed by atoms with van der Waals surface area (Å²) in [5.74, 6) is 0. The van der Waals surface area contributed by atoms with Crippen LogP contribution in [0, 0.1) is 6.92 Å². The fourth-order valence-corrected chi connectivity index (χ4v) is 2.68. The van der Waals surface area contributed by atoms with Gasteiger partial charge in [0.15, 0.2) is 0 Å². The van der Waals surface area contributed by atoms with Crippen molar-refractivity contribution in [3.8, 4) is 0 Å². The molecular formula is C14H19N3. The molecule has 2 heterocycles. The molecular weight excluding hydrogens is 210 g/mol. The van der Waals surface area contributed by atoms with Gasteiger partial charge < -0.3 is 10.3 Å². The summed E-state index contributed by atoms with van der Waals surface area (Å²) in [6.45, 7) is 5.37. The first-order chi connectivity index (χ1) is 8.24. The molecule has 1 aromatic heterocycles. The first-order valence-corrected chi connectivity index (χ1v) is 6.24. The molecule has 1 saturated heterocycles. The molecule has 0 spiro atoms. The highest BCUT2D eigenvalue weighted by molar-refractivity contribution is 5.81. The van der Waals surface area contributed by atoms with E-state index in [1.807, 2.05) is 0 Å². The molecule has 2 aromatic rings. The minimum atomic E-state index is 0.503. The van der Waals surface area contributed by atoms with Crippen molar-refractivity contribution < 1.29 is 0 Å². The highest BCUT2D eigenvalue weighted by Gasteiger charge is 2.20. The third-order valence-electron chi connectivity index (χ3n) is 3.68. The maximum absolute atomic E-state index is 3.47. The fourth-order valence-electron chi connectivity index (χ4n) is 2.68. The molecule has 17 heavy (non-hydrogen) atoms. The first-order valence-electron chi connectivity index (χ1n) is 6.24. The van der Waals surface area contributed by atoms with E-state index in [2.05, 4.69) is 53.4 Å². The molecule has 0 bridgehead atoms. The number of rotatable bonds is 1. The van der Waals surface area contributed by atoms with Crippen LogP contribution >= 0.6 is 0 Å². The van der Waals surface area contributed by atoms with Gasteiger partial charge in [-0.05, 0) is 43.1 Å². The van der Waals surface area contributed by atoms with Crippen LogP contribution in [0.5, 0.6) is 0 Å². The summed E-state index contributed by atoms with van der Waals surface area (Å²) in [7, 11) is 2.21. The Labute approximate surface area is 102 Å². The summed E-state index contributed by atoms with van der Waals surface area (Å²) in [5.41, 5.74) is 3.87. The second kappa shape index (κ2) is 4.17. The molecule has 1 aliphatic heterocycles. The largest absolute Gasteiger partial charge is 0.359 e. The van der Waals surface area contributed by atoms with Crippen LogP contribution < -0.4 is 5.32 Å². The van der Waals surface area contributed by atoms with E-state index in [9.17, 15) is 0 Å². The quantitative estimate of drug-likeness (QED) is 0.784. The van der Waals surface area contributed by atoms with Crippen molar-refractivity contribution in [3.05, 3.63) is 35.5 Å². The zero-order chi connectivity index (χ0) is 11.8. The molecule has 1 aliphatic rings. The highest BCUT2D eigenvalue weighted by Crippen LogP contribution is 2.25. The van der Waals surface area contributed by atoms with Crippen LogP contribution in [0.3, 0.4) is 0 Å². The molecule has 1 fully saturated rings. The lowest BCUT2D eigenvalue weighted by molar-refractivity contribution is 0.202. The fraction of sp³-hybridized carbons (Fsp3) is 0.429. The van der Waals surface area contributed by atoms with Gasteiger partial charge in [-0.25, -0.2) is 0 Å². The summed E-state index contributed by atoms with van der Waals surface area (Å²) in [6, 6.07) is 9.47. The Balaban J connectivity index is 1.98. The normalized spacial score (nSPS) is 22.1. The minimum Gasteiger partial charge on any atom is -0.359 e. The summed E-state index contributed by atoms with van der Waals surface area (Å²) in [4.78, 5) is 5.80. The Kier molecular flexibility index (Phi) is 2.65. The molecule has 0 saturated carbocycles. The molecule has 1 unspecified atom stereocenters. The van der Waals surface area contributed by atoms with Crippen LogP contribution in [0.15, 0.2) is 24.3 Å². The van der Waals surface area contributed by atoms with E-state index in [1.165, 1.54) is 22.2 Å². The zero-order valence-corrected chi connectivity index (χ0v) is 10.5. The second-order valence-electron chi connectivity index (χ2n) is 5.00. The Morgan fingerprint density at radius 1 is 1.29 bits per heavy atom. The minimum absolute atomic E-state index is 0.503. The van der Waals surface area contributed by atoms with Gasteiger partial charge in [0.2, 0.25) is 0 Å². The lowest BCUT2D eigenvalue weighted by Gasteiger charge is -2.33. The van der Waals surface area contributed by atoms with Crippen molar-refractivity contribution in [2.75, 3.05) is 26.7 Å². The zero-order valence-electron chi connectivity index (χ0n) is 10.5. The van der Waals surface area contributed by atoms with Gasteiger partial charge in [0.1, 0.15) is 0 Å². The number of benzene rings is 1. The van der Waals surface area contributed by atoms with Gasteiger partial charge in [0, 0.05) is 36.9 Å². The summed E-state index contributed by atoms with van der Waals surface area (Å²) in [6.07, 6.45) is 0. The van der Waals surface area contributed by atoms with Crippen molar-refractivity contribution in [3.63, 3.8) is 0 Å². The third kappa shape index (κ3) is 1.96. The van der Waals surface area contributed by atoms with Gasteiger partial charge in [-0.1, -0.05) is 6.07 Å². The van der Waals surface area contributed by atoms with Crippen LogP contribution in [0.1, 0.15) is 17.3 Å². The summed E-state index contributed by atoms with van der Waals surface area (Å²) in [5, 5.41) is 4.79. The van der Waals surface area contributed by atoms with Crippen LogP contribution in [-0.2, 0) is 0 Å². The Morgan fingerprint density at radius 3 is 3.00 bits per heavy atom. The average Bonchev–Trinajstić information content (AvgIpc) is 2.68. The number of H-pyrrole nitrogens is 1. The number of hydrogen-bond acceptors (Lipinski definition) is 2. The smallest absolute Gasteiger partial charge is 0.0470 e. The van der Waals surface area contributed by atoms with Crippen molar-refractivity contribution in [1.29, 1.82) is 0 Å². The Bertz CT molecular complexity index is 529. The average molecular weight is 229 g/mol. The lowest BCUT2D eigenvalue weighted by Crippen LogP contribution is -2.43. The second-order valence-corrected chi connectivity index (χ2v) is 5.00. The van der Waals surface area contributed by atoms with Crippen molar-refractivity contribution in [2.24, 2.45) is 0 Å². The number of nitrogens with zero attached hydrogens (tertiary/aromatic N) is 1. The molecule has 3 nitrogen and oxygen atoms in total. The van der Waals surface area contributed by atoms with Gasteiger partial charge in [-0.3, -0.25) is 4.90 Å². The number of aryl methyl sites for hydroxylation is 1. The maximum Gasteiger partial charge on any atom is 0.0470 e. The van der Waals surface area contributed by atoms with E-state index < -0.39 is 0 Å². The number of aromatic nitrogens is 1. The first kappa shape index (κ1) is 10.8. The number of aromatic amines is 1. The van der Waals surface area contributed by atoms with E-state index in [0.717, 1.165) is 19.6 Å². The van der Waals surface area contributed by atoms with Crippen LogP contribution in [0.4, 0.5) is 0 Å². The molecule has 1 aromatic carbocycles. The van der Waals surface area contributed by atoms with Crippen LogP contribution in [0.2, 0.25) is 0 Å². The van der Waals surface area contributed by atoms with Crippen molar-refractivity contribution in [2.45, 2.75) is 13.0 Å². The number of likely N-dealkylation sites (N-methyl/N-ethyl adjacent to an activating group) is 1. The number of hydrogen-bond donors (Lipinski definition) is 2. The lowest BCUT2D eigenvalue weighted by atomic mass is 10.0. The Hall–Kier alpha value is -1.32. The van der Waals surface area contributed by atoms with Gasteiger partial charge >= 0.3 is 0 Å². The van der Waals surface area contributed by atoms with Gasteiger partial charge in [-0.15, -0.1) is 0 Å². The Morgan fingerprint density at radius 2 is 2.18 bits per heavy atom.